The van der Waals surface area contributed by atoms with E-state index >= 15 is 0 Å². The highest BCUT2D eigenvalue weighted by Crippen LogP contribution is 2.32. The van der Waals surface area contributed by atoms with Gasteiger partial charge in [0.05, 0.1) is 0 Å². The third kappa shape index (κ3) is 0.989. The summed E-state index contributed by atoms with van der Waals surface area (Å²) >= 11 is 0. The van der Waals surface area contributed by atoms with E-state index in [2.05, 4.69) is 4.98 Å². The number of rotatable bonds is 0. The number of ketones is 1. The minimum absolute atomic E-state index is 0.0220. The van der Waals surface area contributed by atoms with Gasteiger partial charge in [0.2, 0.25) is 0 Å². The van der Waals surface area contributed by atoms with Gasteiger partial charge in [0.1, 0.15) is 0 Å². The molecule has 3 N–H and O–H groups in total. The van der Waals surface area contributed by atoms with Crippen molar-refractivity contribution in [3.63, 3.8) is 0 Å². The lowest BCUT2D eigenvalue weighted by Crippen LogP contribution is -2.31. The Hall–Kier alpha value is -1.09. The molecular weight excluding hydrogens is 176 g/mol. The van der Waals surface area contributed by atoms with Gasteiger partial charge < -0.3 is 10.7 Å². The Bertz CT molecular complexity index is 406. The number of H-pyrrole nitrogens is 1. The summed E-state index contributed by atoms with van der Waals surface area (Å²) in [5.74, 6) is 0.248. The van der Waals surface area contributed by atoms with Crippen molar-refractivity contribution in [2.24, 2.45) is 5.73 Å². The lowest BCUT2D eigenvalue weighted by molar-refractivity contribution is 0.0964. The van der Waals surface area contributed by atoms with Gasteiger partial charge in [0.15, 0.2) is 5.78 Å². The van der Waals surface area contributed by atoms with Crippen LogP contribution in [0.4, 0.5) is 0 Å². The average Bonchev–Trinajstić information content (AvgIpc) is 2.60. The first-order valence-electron chi connectivity index (χ1n) is 5.27. The van der Waals surface area contributed by atoms with Gasteiger partial charge in [-0.3, -0.25) is 4.79 Å². The molecule has 1 aromatic heterocycles. The van der Waals surface area contributed by atoms with E-state index in [0.717, 1.165) is 30.5 Å². The average molecular weight is 190 g/mol. The molecule has 0 aromatic carbocycles. The van der Waals surface area contributed by atoms with Crippen LogP contribution in [0, 0.1) is 0 Å². The molecule has 2 aliphatic carbocycles. The van der Waals surface area contributed by atoms with Crippen LogP contribution in [0.5, 0.6) is 0 Å². The van der Waals surface area contributed by atoms with Gasteiger partial charge in [0, 0.05) is 35.8 Å². The number of nitrogens with two attached hydrogens (primary N) is 1. The molecule has 0 saturated heterocycles. The van der Waals surface area contributed by atoms with Crippen molar-refractivity contribution in [3.05, 3.63) is 22.5 Å². The first kappa shape index (κ1) is 8.24. The standard InChI is InChI=1S/C11H14N2O/c12-6-4-9-11(10(14)5-6)7-2-1-3-8(7)13-9/h6,13H,1-5,12H2. The summed E-state index contributed by atoms with van der Waals surface area (Å²) in [5, 5.41) is 0. The number of fused-ring (bicyclic) bond motifs is 3. The van der Waals surface area contributed by atoms with E-state index in [4.69, 9.17) is 5.73 Å². The first-order chi connectivity index (χ1) is 6.75. The quantitative estimate of drug-likeness (QED) is 0.640. The largest absolute Gasteiger partial charge is 0.361 e. The number of nitrogens with one attached hydrogen (secondary N) is 1. The summed E-state index contributed by atoms with van der Waals surface area (Å²) in [5.41, 5.74) is 10.5. The van der Waals surface area contributed by atoms with E-state index in [0.29, 0.717) is 6.42 Å². The summed E-state index contributed by atoms with van der Waals surface area (Å²) in [7, 11) is 0. The van der Waals surface area contributed by atoms with Gasteiger partial charge in [-0.25, -0.2) is 0 Å². The Balaban J connectivity index is 2.15. The maximum atomic E-state index is 11.8. The maximum Gasteiger partial charge on any atom is 0.166 e. The third-order valence-corrected chi connectivity index (χ3v) is 3.32. The van der Waals surface area contributed by atoms with Crippen LogP contribution in [0.15, 0.2) is 0 Å². The van der Waals surface area contributed by atoms with Gasteiger partial charge in [-0.1, -0.05) is 0 Å². The van der Waals surface area contributed by atoms with Gasteiger partial charge in [0.25, 0.3) is 0 Å². The number of hydrogen-bond acceptors (Lipinski definition) is 2. The number of Topliss-reactive ketones (excluding diaryl/α,β-unsaturated/α-hetero) is 1. The highest BCUT2D eigenvalue weighted by Gasteiger charge is 2.30. The molecule has 3 heteroatoms. The molecular formula is C11H14N2O. The summed E-state index contributed by atoms with van der Waals surface area (Å²) < 4.78 is 0. The van der Waals surface area contributed by atoms with E-state index in [1.807, 2.05) is 0 Å². The Morgan fingerprint density at radius 1 is 1.21 bits per heavy atom. The van der Waals surface area contributed by atoms with Crippen LogP contribution in [0.25, 0.3) is 0 Å². The zero-order valence-corrected chi connectivity index (χ0v) is 8.10. The fourth-order valence-corrected chi connectivity index (χ4v) is 2.75. The van der Waals surface area contributed by atoms with Crippen LogP contribution in [0.2, 0.25) is 0 Å². The summed E-state index contributed by atoms with van der Waals surface area (Å²) in [6, 6.07) is 0.0220. The zero-order valence-electron chi connectivity index (χ0n) is 8.10. The third-order valence-electron chi connectivity index (χ3n) is 3.32. The van der Waals surface area contributed by atoms with E-state index in [1.165, 1.54) is 17.7 Å². The summed E-state index contributed by atoms with van der Waals surface area (Å²) in [6.45, 7) is 0. The van der Waals surface area contributed by atoms with E-state index < -0.39 is 0 Å². The Morgan fingerprint density at radius 2 is 2.07 bits per heavy atom. The molecule has 2 aliphatic rings. The summed E-state index contributed by atoms with van der Waals surface area (Å²) in [6.07, 6.45) is 4.73. The second-order valence-electron chi connectivity index (χ2n) is 4.38. The van der Waals surface area contributed by atoms with Crippen molar-refractivity contribution in [1.29, 1.82) is 0 Å². The summed E-state index contributed by atoms with van der Waals surface area (Å²) in [4.78, 5) is 15.2. The predicted octanol–water partition coefficient (Wildman–Crippen LogP) is 0.960. The van der Waals surface area contributed by atoms with Gasteiger partial charge >= 0.3 is 0 Å². The second kappa shape index (κ2) is 2.70. The predicted molar refractivity (Wildman–Crippen MR) is 53.4 cm³/mol. The second-order valence-corrected chi connectivity index (χ2v) is 4.38. The molecule has 0 aliphatic heterocycles. The number of aromatic nitrogens is 1. The van der Waals surface area contributed by atoms with Crippen LogP contribution < -0.4 is 5.73 Å². The molecule has 0 spiro atoms. The first-order valence-corrected chi connectivity index (χ1v) is 5.27. The van der Waals surface area contributed by atoms with Crippen molar-refractivity contribution in [2.45, 2.75) is 38.1 Å². The van der Waals surface area contributed by atoms with Crippen molar-refractivity contribution in [1.82, 2.24) is 4.98 Å². The fourth-order valence-electron chi connectivity index (χ4n) is 2.75. The highest BCUT2D eigenvalue weighted by molar-refractivity contribution is 6.00. The SMILES string of the molecule is NC1CC(=O)c2c([nH]c3c2CCC3)C1. The smallest absolute Gasteiger partial charge is 0.166 e. The number of hydrogen-bond donors (Lipinski definition) is 2. The van der Waals surface area contributed by atoms with Gasteiger partial charge in [-0.2, -0.15) is 0 Å². The van der Waals surface area contributed by atoms with Crippen molar-refractivity contribution < 1.29 is 4.79 Å². The van der Waals surface area contributed by atoms with Crippen molar-refractivity contribution >= 4 is 5.78 Å². The molecule has 14 heavy (non-hydrogen) atoms. The zero-order chi connectivity index (χ0) is 9.71. The minimum Gasteiger partial charge on any atom is -0.361 e. The van der Waals surface area contributed by atoms with Crippen LogP contribution in [0.3, 0.4) is 0 Å². The number of carbonyl (C=O) groups is 1. The monoisotopic (exact) mass is 190 g/mol. The molecule has 0 fully saturated rings. The number of aromatic amines is 1. The Kier molecular flexibility index (Phi) is 1.59. The van der Waals surface area contributed by atoms with Crippen LogP contribution in [-0.4, -0.2) is 16.8 Å². The highest BCUT2D eigenvalue weighted by atomic mass is 16.1. The molecule has 1 heterocycles. The lowest BCUT2D eigenvalue weighted by atomic mass is 9.90. The molecule has 3 rings (SSSR count). The van der Waals surface area contributed by atoms with E-state index in [-0.39, 0.29) is 11.8 Å². The van der Waals surface area contributed by atoms with Crippen molar-refractivity contribution in [2.75, 3.05) is 0 Å². The molecule has 0 bridgehead atoms. The molecule has 3 nitrogen and oxygen atoms in total. The fraction of sp³-hybridized carbons (Fsp3) is 0.545. The Labute approximate surface area is 82.7 Å². The number of aryl methyl sites for hydroxylation is 1. The van der Waals surface area contributed by atoms with Gasteiger partial charge in [-0.15, -0.1) is 0 Å². The van der Waals surface area contributed by atoms with Crippen molar-refractivity contribution in [3.8, 4) is 0 Å². The number of carbonyl (C=O) groups excluding carboxylic acids is 1. The van der Waals surface area contributed by atoms with E-state index in [1.54, 1.807) is 0 Å². The Morgan fingerprint density at radius 3 is 2.93 bits per heavy atom. The van der Waals surface area contributed by atoms with E-state index in [9.17, 15) is 4.79 Å². The van der Waals surface area contributed by atoms with Crippen LogP contribution in [0.1, 0.15) is 40.2 Å². The lowest BCUT2D eigenvalue weighted by Gasteiger charge is -2.17. The molecule has 1 unspecified atom stereocenters. The van der Waals surface area contributed by atoms with Gasteiger partial charge in [-0.05, 0) is 24.8 Å². The topological polar surface area (TPSA) is 58.9 Å². The minimum atomic E-state index is 0.0220. The molecule has 74 valence electrons. The normalized spacial score (nSPS) is 24.9. The molecule has 1 aromatic rings. The van der Waals surface area contributed by atoms with Crippen LogP contribution in [-0.2, 0) is 19.3 Å². The molecule has 0 radical (unpaired) electrons. The van der Waals surface area contributed by atoms with Crippen LogP contribution >= 0.6 is 0 Å². The maximum absolute atomic E-state index is 11.8. The molecule has 0 saturated carbocycles. The molecule has 1 atom stereocenters. The molecule has 0 amide bonds.